The van der Waals surface area contributed by atoms with Crippen molar-refractivity contribution in [1.82, 2.24) is 20.4 Å². The molecule has 2 heterocycles. The van der Waals surface area contributed by atoms with E-state index in [9.17, 15) is 19.6 Å². The van der Waals surface area contributed by atoms with Crippen LogP contribution in [0.5, 0.6) is 5.75 Å². The van der Waals surface area contributed by atoms with Crippen molar-refractivity contribution in [3.8, 4) is 17.9 Å². The van der Waals surface area contributed by atoms with Gasteiger partial charge in [0, 0.05) is 38.0 Å². The highest BCUT2D eigenvalue weighted by Gasteiger charge is 2.38. The van der Waals surface area contributed by atoms with Crippen LogP contribution in [0.3, 0.4) is 0 Å². The predicted molar refractivity (Wildman–Crippen MR) is 184 cm³/mol. The van der Waals surface area contributed by atoms with E-state index in [0.717, 1.165) is 30.2 Å². The van der Waals surface area contributed by atoms with Gasteiger partial charge in [-0.05, 0) is 73.2 Å². The molecular weight excluding hydrogens is 651 g/mol. The first-order valence-electron chi connectivity index (χ1n) is 16.2. The molecule has 0 aromatic heterocycles. The quantitative estimate of drug-likeness (QED) is 0.257. The zero-order valence-electron chi connectivity index (χ0n) is 26.8. The molecule has 3 aromatic rings. The monoisotopic (exact) mass is 688 g/mol. The Morgan fingerprint density at radius 2 is 1.88 bits per heavy atom. The summed E-state index contributed by atoms with van der Waals surface area (Å²) >= 11 is 12.7. The molecule has 2 aliphatic heterocycles. The maximum atomic E-state index is 13.9. The summed E-state index contributed by atoms with van der Waals surface area (Å²) in [6.07, 6.45) is 4.16. The SMILES string of the molecule is COc1c(C#N)cc2ccccc2c1C(=O)NCC(CCN1CCC(N2CCCCC2=O)CC1C(=O)NCC#N)c1ccc(Cl)c(Cl)c1. The molecule has 10 nitrogen and oxygen atoms in total. The van der Waals surface area contributed by atoms with E-state index in [1.807, 2.05) is 41.3 Å². The van der Waals surface area contributed by atoms with Crippen molar-refractivity contribution in [2.24, 2.45) is 0 Å². The van der Waals surface area contributed by atoms with Gasteiger partial charge in [0.1, 0.15) is 18.4 Å². The number of carbonyl (C=O) groups is 3. The number of likely N-dealkylation sites (tertiary alicyclic amines) is 2. The summed E-state index contributed by atoms with van der Waals surface area (Å²) in [5.74, 6) is -0.492. The summed E-state index contributed by atoms with van der Waals surface area (Å²) in [6.45, 7) is 1.95. The number of hydrogen-bond acceptors (Lipinski definition) is 7. The minimum Gasteiger partial charge on any atom is -0.495 e. The van der Waals surface area contributed by atoms with Crippen molar-refractivity contribution in [1.29, 1.82) is 10.5 Å². The Bertz CT molecular complexity index is 1770. The van der Waals surface area contributed by atoms with Crippen LogP contribution < -0.4 is 15.4 Å². The molecule has 0 aliphatic carbocycles. The maximum Gasteiger partial charge on any atom is 0.255 e. The van der Waals surface area contributed by atoms with Gasteiger partial charge in [-0.2, -0.15) is 10.5 Å². The van der Waals surface area contributed by atoms with Crippen LogP contribution in [-0.2, 0) is 9.59 Å². The van der Waals surface area contributed by atoms with Crippen molar-refractivity contribution in [2.75, 3.05) is 39.8 Å². The molecule has 48 heavy (non-hydrogen) atoms. The normalized spacial score (nSPS) is 18.9. The van der Waals surface area contributed by atoms with Gasteiger partial charge < -0.3 is 20.3 Å². The molecule has 2 aliphatic rings. The van der Waals surface area contributed by atoms with Gasteiger partial charge in [-0.25, -0.2) is 0 Å². The Kier molecular flexibility index (Phi) is 11.8. The lowest BCUT2D eigenvalue weighted by Gasteiger charge is -2.44. The molecule has 250 valence electrons. The molecular formula is C36H38Cl2N6O4. The van der Waals surface area contributed by atoms with E-state index >= 15 is 0 Å². The number of halogens is 2. The first-order chi connectivity index (χ1) is 23.2. The van der Waals surface area contributed by atoms with Gasteiger partial charge in [0.15, 0.2) is 0 Å². The molecule has 12 heteroatoms. The largest absolute Gasteiger partial charge is 0.495 e. The number of amides is 3. The molecule has 2 N–H and O–H groups in total. The Hall–Kier alpha value is -4.35. The topological polar surface area (TPSA) is 139 Å². The number of nitriles is 2. The van der Waals surface area contributed by atoms with Crippen molar-refractivity contribution in [3.63, 3.8) is 0 Å². The number of rotatable bonds is 11. The minimum absolute atomic E-state index is 0.0361. The highest BCUT2D eigenvalue weighted by Crippen LogP contribution is 2.33. The standard InChI is InChI=1S/C36H38Cl2N6O4/c1-48-34-26(21-40)18-24-6-2-3-7-28(24)33(34)36(47)42-22-25(23-9-10-29(37)30(38)19-23)11-16-43-17-12-27(44-15-5-4-8-32(44)45)20-31(43)35(46)41-14-13-39/h2-3,6-7,9-10,18-19,25,27,31H,4-5,8,11-12,14-17,20,22H2,1H3,(H,41,46)(H,42,47). The zero-order valence-corrected chi connectivity index (χ0v) is 28.3. The second-order valence-electron chi connectivity index (χ2n) is 12.2. The molecule has 0 spiro atoms. The lowest BCUT2D eigenvalue weighted by atomic mass is 9.91. The van der Waals surface area contributed by atoms with E-state index < -0.39 is 6.04 Å². The third kappa shape index (κ3) is 7.85. The van der Waals surface area contributed by atoms with Crippen LogP contribution in [0.15, 0.2) is 48.5 Å². The third-order valence-electron chi connectivity index (χ3n) is 9.37. The second kappa shape index (κ2) is 16.2. The van der Waals surface area contributed by atoms with Gasteiger partial charge in [0.2, 0.25) is 11.8 Å². The number of piperidine rings is 2. The first-order valence-corrected chi connectivity index (χ1v) is 16.9. The van der Waals surface area contributed by atoms with Crippen LogP contribution in [0.2, 0.25) is 10.0 Å². The summed E-state index contributed by atoms with van der Waals surface area (Å²) in [6, 6.07) is 18.0. The summed E-state index contributed by atoms with van der Waals surface area (Å²) in [4.78, 5) is 43.9. The van der Waals surface area contributed by atoms with Gasteiger partial charge in [-0.1, -0.05) is 53.5 Å². The van der Waals surface area contributed by atoms with E-state index in [0.29, 0.717) is 54.3 Å². The highest BCUT2D eigenvalue weighted by atomic mass is 35.5. The third-order valence-corrected chi connectivity index (χ3v) is 10.1. The highest BCUT2D eigenvalue weighted by molar-refractivity contribution is 6.42. The molecule has 3 amide bonds. The van der Waals surface area contributed by atoms with Crippen molar-refractivity contribution in [3.05, 3.63) is 75.3 Å². The lowest BCUT2D eigenvalue weighted by Crippen LogP contribution is -2.57. The minimum atomic E-state index is -0.514. The molecule has 0 bridgehead atoms. The zero-order chi connectivity index (χ0) is 34.2. The van der Waals surface area contributed by atoms with E-state index in [4.69, 9.17) is 33.2 Å². The van der Waals surface area contributed by atoms with Crippen LogP contribution in [-0.4, -0.2) is 79.4 Å². The predicted octanol–water partition coefficient (Wildman–Crippen LogP) is 5.42. The summed E-state index contributed by atoms with van der Waals surface area (Å²) in [5.41, 5.74) is 1.41. The van der Waals surface area contributed by atoms with Gasteiger partial charge in [0.05, 0.1) is 40.4 Å². The van der Waals surface area contributed by atoms with Crippen LogP contribution in [0.25, 0.3) is 10.8 Å². The molecule has 0 saturated carbocycles. The van der Waals surface area contributed by atoms with Crippen LogP contribution in [0.1, 0.15) is 65.9 Å². The van der Waals surface area contributed by atoms with Crippen LogP contribution in [0.4, 0.5) is 0 Å². The fourth-order valence-electron chi connectivity index (χ4n) is 6.90. The molecule has 2 saturated heterocycles. The second-order valence-corrected chi connectivity index (χ2v) is 13.0. The lowest BCUT2D eigenvalue weighted by molar-refractivity contribution is -0.140. The smallest absolute Gasteiger partial charge is 0.255 e. The fourth-order valence-corrected chi connectivity index (χ4v) is 7.21. The van der Waals surface area contributed by atoms with Crippen molar-refractivity contribution >= 4 is 51.7 Å². The number of fused-ring (bicyclic) bond motifs is 1. The molecule has 3 atom stereocenters. The number of nitrogens with zero attached hydrogens (tertiary/aromatic N) is 4. The van der Waals surface area contributed by atoms with Gasteiger partial charge in [0.25, 0.3) is 5.91 Å². The number of carbonyl (C=O) groups excluding carboxylic acids is 3. The summed E-state index contributed by atoms with van der Waals surface area (Å²) in [7, 11) is 1.44. The molecule has 3 unspecified atom stereocenters. The fraction of sp³-hybridized carbons (Fsp3) is 0.417. The number of methoxy groups -OCH3 is 1. The number of hydrogen-bond donors (Lipinski definition) is 2. The van der Waals surface area contributed by atoms with Crippen LogP contribution >= 0.6 is 23.2 Å². The molecule has 2 fully saturated rings. The van der Waals surface area contributed by atoms with Crippen molar-refractivity contribution < 1.29 is 19.1 Å². The first kappa shape index (κ1) is 35.0. The van der Waals surface area contributed by atoms with E-state index in [1.165, 1.54) is 7.11 Å². The molecule has 5 rings (SSSR count). The maximum absolute atomic E-state index is 13.9. The Morgan fingerprint density at radius 1 is 1.06 bits per heavy atom. The van der Waals surface area contributed by atoms with Crippen molar-refractivity contribution in [2.45, 2.75) is 56.5 Å². The summed E-state index contributed by atoms with van der Waals surface area (Å²) in [5, 5.41) is 26.9. The Balaban J connectivity index is 1.38. The average Bonchev–Trinajstić information content (AvgIpc) is 3.11. The number of ether oxygens (including phenoxy) is 1. The molecule has 0 radical (unpaired) electrons. The van der Waals surface area contributed by atoms with E-state index in [-0.39, 0.29) is 59.6 Å². The average molecular weight is 690 g/mol. The van der Waals surface area contributed by atoms with Gasteiger partial charge >= 0.3 is 0 Å². The Labute approximate surface area is 290 Å². The van der Waals surface area contributed by atoms with Gasteiger partial charge in [-0.15, -0.1) is 0 Å². The van der Waals surface area contributed by atoms with Crippen LogP contribution in [0, 0.1) is 22.7 Å². The van der Waals surface area contributed by atoms with Gasteiger partial charge in [-0.3, -0.25) is 19.3 Å². The van der Waals surface area contributed by atoms with E-state index in [2.05, 4.69) is 21.6 Å². The van der Waals surface area contributed by atoms with E-state index in [1.54, 1.807) is 18.2 Å². The summed E-state index contributed by atoms with van der Waals surface area (Å²) < 4.78 is 5.56. The molecule has 3 aromatic carbocycles. The number of benzene rings is 3. The Morgan fingerprint density at radius 3 is 2.60 bits per heavy atom. The number of nitrogens with one attached hydrogen (secondary N) is 2.